The lowest BCUT2D eigenvalue weighted by Crippen LogP contribution is -2.45. The predicted molar refractivity (Wildman–Crippen MR) is 113 cm³/mol. The van der Waals surface area contributed by atoms with E-state index in [2.05, 4.69) is 0 Å². The Hall–Kier alpha value is -4.07. The lowest BCUT2D eigenvalue weighted by Gasteiger charge is -2.32. The van der Waals surface area contributed by atoms with Crippen LogP contribution in [0.3, 0.4) is 0 Å². The van der Waals surface area contributed by atoms with Crippen molar-refractivity contribution in [2.24, 2.45) is 0 Å². The highest BCUT2D eigenvalue weighted by atomic mass is 16.6. The number of carbonyl (C=O) groups excluding carboxylic acids is 2. The molecular formula is C23H19N3O5. The number of amides is 1. The average Bonchev–Trinajstić information content (AvgIpc) is 2.80. The van der Waals surface area contributed by atoms with E-state index in [1.54, 1.807) is 11.0 Å². The Morgan fingerprint density at radius 2 is 1.71 bits per heavy atom. The number of ketones is 1. The van der Waals surface area contributed by atoms with Gasteiger partial charge < -0.3 is 4.90 Å². The zero-order valence-electron chi connectivity index (χ0n) is 16.5. The maximum atomic E-state index is 13.5. The predicted octanol–water partition coefficient (Wildman–Crippen LogP) is 2.77. The third-order valence-electron chi connectivity index (χ3n) is 5.40. The van der Waals surface area contributed by atoms with Crippen molar-refractivity contribution in [2.75, 3.05) is 6.54 Å². The number of pyridine rings is 1. The third kappa shape index (κ3) is 4.00. The van der Waals surface area contributed by atoms with E-state index in [4.69, 9.17) is 0 Å². The lowest BCUT2D eigenvalue weighted by molar-refractivity contribution is -0.384. The van der Waals surface area contributed by atoms with Gasteiger partial charge in [0.05, 0.1) is 4.92 Å². The fourth-order valence-corrected chi connectivity index (χ4v) is 3.80. The lowest BCUT2D eigenvalue weighted by atomic mass is 9.97. The van der Waals surface area contributed by atoms with E-state index in [9.17, 15) is 24.5 Å². The van der Waals surface area contributed by atoms with E-state index in [0.717, 1.165) is 21.8 Å². The van der Waals surface area contributed by atoms with Crippen molar-refractivity contribution in [2.45, 2.75) is 19.0 Å². The Kier molecular flexibility index (Phi) is 5.44. The molecule has 0 spiro atoms. The Morgan fingerprint density at radius 3 is 2.45 bits per heavy atom. The fourth-order valence-electron chi connectivity index (χ4n) is 3.80. The molecule has 1 aromatic heterocycles. The van der Waals surface area contributed by atoms with Crippen LogP contribution in [0.1, 0.15) is 27.5 Å². The van der Waals surface area contributed by atoms with Crippen molar-refractivity contribution in [3.63, 3.8) is 0 Å². The maximum Gasteiger partial charge on any atom is 0.270 e. The molecular weight excluding hydrogens is 398 g/mol. The number of nitrogens with zero attached hydrogens (tertiary/aromatic N) is 3. The van der Waals surface area contributed by atoms with Gasteiger partial charge in [-0.15, -0.1) is 0 Å². The molecule has 2 heterocycles. The number of rotatable bonds is 5. The number of aromatic nitrogens is 1. The van der Waals surface area contributed by atoms with Gasteiger partial charge in [-0.3, -0.25) is 29.1 Å². The minimum atomic E-state index is -1.44. The van der Waals surface area contributed by atoms with Crippen molar-refractivity contribution in [3.8, 4) is 0 Å². The molecule has 0 bridgehead atoms. The van der Waals surface area contributed by atoms with Crippen LogP contribution in [0.2, 0.25) is 0 Å². The van der Waals surface area contributed by atoms with Gasteiger partial charge in [0, 0.05) is 43.0 Å². The highest BCUT2D eigenvalue weighted by Gasteiger charge is 2.35. The molecule has 1 aliphatic rings. The first-order valence-electron chi connectivity index (χ1n) is 9.77. The number of nitro benzene ring substituents is 1. The van der Waals surface area contributed by atoms with Gasteiger partial charge in [-0.25, -0.2) is 0 Å². The number of carbonyl (C=O) groups is 2. The van der Waals surface area contributed by atoms with E-state index < -0.39 is 28.2 Å². The van der Waals surface area contributed by atoms with Crippen LogP contribution in [0.4, 0.5) is 5.69 Å². The molecule has 0 saturated carbocycles. The zero-order valence-corrected chi connectivity index (χ0v) is 16.5. The van der Waals surface area contributed by atoms with Crippen LogP contribution in [0, 0.1) is 10.1 Å². The normalized spacial score (nSPS) is 13.9. The molecule has 2 aromatic carbocycles. The molecule has 31 heavy (non-hydrogen) atoms. The summed E-state index contributed by atoms with van der Waals surface area (Å²) in [4.78, 5) is 51.4. The molecule has 0 radical (unpaired) electrons. The second kappa shape index (κ2) is 8.35. The number of nitro groups is 1. The summed E-state index contributed by atoms with van der Waals surface area (Å²) in [6, 6.07) is 15.9. The summed E-state index contributed by atoms with van der Waals surface area (Å²) in [6.07, 6.45) is 2.03. The van der Waals surface area contributed by atoms with Crippen LogP contribution in [0.5, 0.6) is 0 Å². The summed E-state index contributed by atoms with van der Waals surface area (Å²) in [5.41, 5.74) is 1.37. The standard InChI is InChI=1S/C23H19N3O5/c27-20-10-3-4-12-25(20)21(22(28)17-8-5-9-19(14-17)26(30)31)23(29)24-13-11-16-6-1-2-7-18(16)15-24/h1-10,12,14,21H,11,13,15H2/t21-/m0/s1. The molecule has 0 fully saturated rings. The van der Waals surface area contributed by atoms with Crippen molar-refractivity contribution in [3.05, 3.63) is 110 Å². The fraction of sp³-hybridized carbons (Fsp3) is 0.174. The summed E-state index contributed by atoms with van der Waals surface area (Å²) in [6.45, 7) is 0.742. The van der Waals surface area contributed by atoms with Gasteiger partial charge in [0.25, 0.3) is 17.2 Å². The highest BCUT2D eigenvalue weighted by molar-refractivity contribution is 6.12. The number of non-ortho nitro benzene ring substituents is 1. The molecule has 0 N–H and O–H groups in total. The summed E-state index contributed by atoms with van der Waals surface area (Å²) in [5.74, 6) is -1.18. The van der Waals surface area contributed by atoms with Crippen LogP contribution >= 0.6 is 0 Å². The number of hydrogen-bond acceptors (Lipinski definition) is 5. The average molecular weight is 417 g/mol. The second-order valence-electron chi connectivity index (χ2n) is 7.30. The summed E-state index contributed by atoms with van der Waals surface area (Å²) in [7, 11) is 0. The number of Topliss-reactive ketones (excluding diaryl/α,β-unsaturated/α-hetero) is 1. The van der Waals surface area contributed by atoms with Crippen molar-refractivity contribution in [1.82, 2.24) is 9.47 Å². The van der Waals surface area contributed by atoms with Gasteiger partial charge in [0.2, 0.25) is 0 Å². The number of hydrogen-bond donors (Lipinski definition) is 0. The minimum absolute atomic E-state index is 0.000660. The van der Waals surface area contributed by atoms with E-state index in [0.29, 0.717) is 19.5 Å². The Balaban J connectivity index is 1.74. The van der Waals surface area contributed by atoms with Crippen LogP contribution in [0.25, 0.3) is 0 Å². The van der Waals surface area contributed by atoms with E-state index in [1.807, 2.05) is 24.3 Å². The molecule has 1 aliphatic heterocycles. The first-order valence-corrected chi connectivity index (χ1v) is 9.77. The largest absolute Gasteiger partial charge is 0.336 e. The molecule has 3 aromatic rings. The number of fused-ring (bicyclic) bond motifs is 1. The van der Waals surface area contributed by atoms with Crippen molar-refractivity contribution in [1.29, 1.82) is 0 Å². The molecule has 0 saturated heterocycles. The first kappa shape index (κ1) is 20.2. The molecule has 0 aliphatic carbocycles. The van der Waals surface area contributed by atoms with Gasteiger partial charge in [0.15, 0.2) is 11.8 Å². The summed E-state index contributed by atoms with van der Waals surface area (Å²) in [5, 5.41) is 11.1. The van der Waals surface area contributed by atoms with Gasteiger partial charge >= 0.3 is 0 Å². The van der Waals surface area contributed by atoms with Gasteiger partial charge in [-0.1, -0.05) is 42.5 Å². The smallest absolute Gasteiger partial charge is 0.270 e. The highest BCUT2D eigenvalue weighted by Crippen LogP contribution is 2.24. The molecule has 156 valence electrons. The molecule has 8 heteroatoms. The Labute approximate surface area is 177 Å². The van der Waals surface area contributed by atoms with Crippen LogP contribution < -0.4 is 5.56 Å². The quantitative estimate of drug-likeness (QED) is 0.275. The maximum absolute atomic E-state index is 13.5. The topological polar surface area (TPSA) is 103 Å². The first-order chi connectivity index (χ1) is 15.0. The van der Waals surface area contributed by atoms with Crippen molar-refractivity contribution < 1.29 is 14.5 Å². The van der Waals surface area contributed by atoms with Crippen LogP contribution in [0.15, 0.2) is 77.7 Å². The van der Waals surface area contributed by atoms with Gasteiger partial charge in [-0.2, -0.15) is 0 Å². The summed E-state index contributed by atoms with van der Waals surface area (Å²) < 4.78 is 1.09. The Morgan fingerprint density at radius 1 is 0.968 bits per heavy atom. The summed E-state index contributed by atoms with van der Waals surface area (Å²) >= 11 is 0. The Bertz CT molecular complexity index is 1230. The van der Waals surface area contributed by atoms with E-state index in [1.165, 1.54) is 36.5 Å². The SMILES string of the molecule is O=C(c1cccc([N+](=O)[O-])c1)[C@@H](C(=O)N1CCc2ccccc2C1)n1ccccc1=O. The van der Waals surface area contributed by atoms with Crippen molar-refractivity contribution >= 4 is 17.4 Å². The van der Waals surface area contributed by atoms with Crippen LogP contribution in [-0.2, 0) is 17.8 Å². The van der Waals surface area contributed by atoms with Crippen LogP contribution in [-0.4, -0.2) is 32.6 Å². The minimum Gasteiger partial charge on any atom is -0.336 e. The molecule has 0 unspecified atom stereocenters. The molecule has 4 rings (SSSR count). The zero-order chi connectivity index (χ0) is 22.0. The molecule has 1 atom stereocenters. The van der Waals surface area contributed by atoms with E-state index in [-0.39, 0.29) is 11.3 Å². The molecule has 1 amide bonds. The second-order valence-corrected chi connectivity index (χ2v) is 7.30. The van der Waals surface area contributed by atoms with E-state index >= 15 is 0 Å². The number of benzene rings is 2. The van der Waals surface area contributed by atoms with Gasteiger partial charge in [0.1, 0.15) is 0 Å². The third-order valence-corrected chi connectivity index (χ3v) is 5.40. The monoisotopic (exact) mass is 417 g/mol. The van der Waals surface area contributed by atoms with Gasteiger partial charge in [-0.05, 0) is 23.6 Å². The molecule has 8 nitrogen and oxygen atoms in total.